The first-order valence-electron chi connectivity index (χ1n) is 10.2. The van der Waals surface area contributed by atoms with Crippen molar-refractivity contribution in [3.8, 4) is 11.5 Å². The molecule has 0 aliphatic carbocycles. The van der Waals surface area contributed by atoms with Gasteiger partial charge in [0, 0.05) is 54.8 Å². The van der Waals surface area contributed by atoms with E-state index < -0.39 is 0 Å². The summed E-state index contributed by atoms with van der Waals surface area (Å²) in [5, 5.41) is 3.17. The van der Waals surface area contributed by atoms with Gasteiger partial charge < -0.3 is 15.0 Å². The number of amides is 1. The van der Waals surface area contributed by atoms with E-state index in [0.29, 0.717) is 18.2 Å². The van der Waals surface area contributed by atoms with Gasteiger partial charge in [0.05, 0.1) is 0 Å². The van der Waals surface area contributed by atoms with E-state index in [4.69, 9.17) is 4.74 Å². The van der Waals surface area contributed by atoms with Gasteiger partial charge in [-0.2, -0.15) is 0 Å². The molecule has 1 saturated heterocycles. The second kappa shape index (κ2) is 9.65. The maximum Gasteiger partial charge on any atom is 0.253 e. The smallest absolute Gasteiger partial charge is 0.253 e. The van der Waals surface area contributed by atoms with Crippen molar-refractivity contribution in [2.75, 3.05) is 33.2 Å². The number of hydrogen-bond acceptors (Lipinski definition) is 5. The molecule has 0 saturated carbocycles. The number of rotatable bonds is 6. The third kappa shape index (κ3) is 5.32. The third-order valence-electron chi connectivity index (χ3n) is 5.40. The second-order valence-corrected chi connectivity index (χ2v) is 8.31. The van der Waals surface area contributed by atoms with Crippen LogP contribution in [0.4, 0.5) is 0 Å². The molecular weight excluding hydrogens is 382 g/mol. The van der Waals surface area contributed by atoms with E-state index in [9.17, 15) is 4.79 Å². The lowest BCUT2D eigenvalue weighted by Gasteiger charge is -2.37. The van der Waals surface area contributed by atoms with Crippen molar-refractivity contribution in [3.05, 3.63) is 53.1 Å². The van der Waals surface area contributed by atoms with Crippen LogP contribution in [-0.2, 0) is 6.54 Å². The van der Waals surface area contributed by atoms with Crippen molar-refractivity contribution in [2.24, 2.45) is 0 Å². The quantitative estimate of drug-likeness (QED) is 0.704. The van der Waals surface area contributed by atoms with Crippen molar-refractivity contribution in [3.63, 3.8) is 0 Å². The predicted octanol–water partition coefficient (Wildman–Crippen LogP) is 3.96. The Kier molecular flexibility index (Phi) is 7.22. The number of nitrogens with zero attached hydrogens (tertiary/aromatic N) is 2. The molecule has 1 aliphatic rings. The highest BCUT2D eigenvalue weighted by Crippen LogP contribution is 2.29. The van der Waals surface area contributed by atoms with Crippen LogP contribution in [0.3, 0.4) is 0 Å². The molecule has 1 amide bonds. The highest BCUT2D eigenvalue weighted by molar-refractivity contribution is 7.80. The Bertz CT molecular complexity index is 861. The topological polar surface area (TPSA) is 44.8 Å². The summed E-state index contributed by atoms with van der Waals surface area (Å²) in [6.07, 6.45) is 0. The molecule has 6 heteroatoms. The van der Waals surface area contributed by atoms with Gasteiger partial charge in [-0.3, -0.25) is 9.69 Å². The number of ether oxygens (including phenoxy) is 1. The first kappa shape index (κ1) is 21.7. The number of nitrogens with one attached hydrogen (secondary N) is 1. The Hall–Kier alpha value is -2.02. The largest absolute Gasteiger partial charge is 0.457 e. The SMILES string of the molecule is CNCc1cc(C(=O)N2CCN(C(C)C)CC2)ccc1Oc1ccc(S)c(C)c1. The van der Waals surface area contributed by atoms with Crippen molar-refractivity contribution in [1.29, 1.82) is 0 Å². The summed E-state index contributed by atoms with van der Waals surface area (Å²) in [5.41, 5.74) is 2.74. The lowest BCUT2D eigenvalue weighted by molar-refractivity contribution is 0.0595. The molecule has 156 valence electrons. The van der Waals surface area contributed by atoms with Crippen LogP contribution in [0.2, 0.25) is 0 Å². The molecule has 1 aliphatic heterocycles. The maximum absolute atomic E-state index is 13.0. The minimum Gasteiger partial charge on any atom is -0.457 e. The van der Waals surface area contributed by atoms with Crippen LogP contribution in [0, 0.1) is 6.92 Å². The van der Waals surface area contributed by atoms with E-state index in [1.165, 1.54) is 0 Å². The number of carbonyl (C=O) groups excluding carboxylic acids is 1. The lowest BCUT2D eigenvalue weighted by atomic mass is 10.1. The predicted molar refractivity (Wildman–Crippen MR) is 120 cm³/mol. The molecule has 0 bridgehead atoms. The van der Waals surface area contributed by atoms with Gasteiger partial charge in [0.15, 0.2) is 0 Å². The molecule has 1 heterocycles. The molecule has 2 aromatic rings. The standard InChI is InChI=1S/C23H31N3O2S/c1-16(2)25-9-11-26(12-10-25)23(27)18-5-7-21(19(14-18)15-24-4)28-20-6-8-22(29)17(3)13-20/h5-8,13-14,16,24,29H,9-12,15H2,1-4H3. The summed E-state index contributed by atoms with van der Waals surface area (Å²) >= 11 is 4.42. The van der Waals surface area contributed by atoms with Crippen molar-refractivity contribution < 1.29 is 9.53 Å². The molecule has 1 N–H and O–H groups in total. The Morgan fingerprint density at radius 2 is 1.86 bits per heavy atom. The summed E-state index contributed by atoms with van der Waals surface area (Å²) in [4.78, 5) is 18.3. The highest BCUT2D eigenvalue weighted by atomic mass is 32.1. The van der Waals surface area contributed by atoms with Crippen LogP contribution < -0.4 is 10.1 Å². The number of piperazine rings is 1. The van der Waals surface area contributed by atoms with Crippen LogP contribution in [0.5, 0.6) is 11.5 Å². The molecule has 0 atom stereocenters. The molecule has 1 fully saturated rings. The molecular formula is C23H31N3O2S. The van der Waals surface area contributed by atoms with Gasteiger partial charge in [0.25, 0.3) is 5.91 Å². The van der Waals surface area contributed by atoms with Gasteiger partial charge in [0.2, 0.25) is 0 Å². The van der Waals surface area contributed by atoms with E-state index in [-0.39, 0.29) is 5.91 Å². The minimum atomic E-state index is 0.0904. The fourth-order valence-electron chi connectivity index (χ4n) is 3.58. The van der Waals surface area contributed by atoms with Gasteiger partial charge >= 0.3 is 0 Å². The average Bonchev–Trinajstić information content (AvgIpc) is 2.71. The summed E-state index contributed by atoms with van der Waals surface area (Å²) in [6.45, 7) is 10.4. The van der Waals surface area contributed by atoms with E-state index in [2.05, 4.69) is 36.7 Å². The Labute approximate surface area is 179 Å². The zero-order chi connectivity index (χ0) is 21.0. The summed E-state index contributed by atoms with van der Waals surface area (Å²) in [5.74, 6) is 1.61. The summed E-state index contributed by atoms with van der Waals surface area (Å²) in [6, 6.07) is 12.0. The van der Waals surface area contributed by atoms with Gasteiger partial charge in [-0.15, -0.1) is 12.6 Å². The average molecular weight is 414 g/mol. The van der Waals surface area contributed by atoms with Crippen molar-refractivity contribution >= 4 is 18.5 Å². The van der Waals surface area contributed by atoms with Crippen LogP contribution >= 0.6 is 12.6 Å². The number of benzene rings is 2. The van der Waals surface area contributed by atoms with Crippen LogP contribution in [-0.4, -0.2) is 55.0 Å². The normalized spacial score (nSPS) is 15.0. The van der Waals surface area contributed by atoms with Gasteiger partial charge in [0.1, 0.15) is 11.5 Å². The van der Waals surface area contributed by atoms with Gasteiger partial charge in [-0.25, -0.2) is 0 Å². The molecule has 2 aromatic carbocycles. The zero-order valence-electron chi connectivity index (χ0n) is 17.7. The fraction of sp³-hybridized carbons (Fsp3) is 0.435. The molecule has 29 heavy (non-hydrogen) atoms. The Morgan fingerprint density at radius 3 is 2.48 bits per heavy atom. The summed E-state index contributed by atoms with van der Waals surface area (Å²) < 4.78 is 6.11. The zero-order valence-corrected chi connectivity index (χ0v) is 18.6. The van der Waals surface area contributed by atoms with Crippen LogP contribution in [0.1, 0.15) is 35.3 Å². The number of thiol groups is 1. The van der Waals surface area contributed by atoms with E-state index in [0.717, 1.165) is 53.7 Å². The number of carbonyl (C=O) groups is 1. The number of hydrogen-bond donors (Lipinski definition) is 2. The molecule has 5 nitrogen and oxygen atoms in total. The second-order valence-electron chi connectivity index (χ2n) is 7.83. The minimum absolute atomic E-state index is 0.0904. The van der Waals surface area contributed by atoms with E-state index >= 15 is 0 Å². The first-order valence-corrected chi connectivity index (χ1v) is 10.6. The van der Waals surface area contributed by atoms with Crippen molar-refractivity contribution in [1.82, 2.24) is 15.1 Å². The van der Waals surface area contributed by atoms with Crippen molar-refractivity contribution in [2.45, 2.75) is 38.3 Å². The molecule has 0 spiro atoms. The first-order chi connectivity index (χ1) is 13.9. The molecule has 0 aromatic heterocycles. The highest BCUT2D eigenvalue weighted by Gasteiger charge is 2.24. The Morgan fingerprint density at radius 1 is 1.14 bits per heavy atom. The lowest BCUT2D eigenvalue weighted by Crippen LogP contribution is -2.50. The third-order valence-corrected chi connectivity index (χ3v) is 5.90. The molecule has 0 radical (unpaired) electrons. The van der Waals surface area contributed by atoms with Gasteiger partial charge in [-0.05, 0) is 69.8 Å². The Balaban J connectivity index is 1.76. The van der Waals surface area contributed by atoms with E-state index in [1.54, 1.807) is 0 Å². The van der Waals surface area contributed by atoms with Crippen LogP contribution in [0.25, 0.3) is 0 Å². The van der Waals surface area contributed by atoms with E-state index in [1.807, 2.05) is 55.3 Å². The summed E-state index contributed by atoms with van der Waals surface area (Å²) in [7, 11) is 1.89. The molecule has 3 rings (SSSR count). The fourth-order valence-corrected chi connectivity index (χ4v) is 3.72. The van der Waals surface area contributed by atoms with Gasteiger partial charge in [-0.1, -0.05) is 0 Å². The maximum atomic E-state index is 13.0. The number of aryl methyl sites for hydroxylation is 1. The van der Waals surface area contributed by atoms with Crippen LogP contribution in [0.15, 0.2) is 41.3 Å². The molecule has 0 unspecified atom stereocenters. The monoisotopic (exact) mass is 413 g/mol.